The molecule has 7 nitrogen and oxygen atoms in total. The Labute approximate surface area is 157 Å². The largest absolute Gasteiger partial charge is 0.298 e. The molecule has 7 heteroatoms. The number of nitrogens with one attached hydrogen (secondary N) is 1. The SMILES string of the molecule is Cc1ccc(C(=O)NN=C2CCN(Cc3ccccc3)CC2)cc1[N+](=O)[O-]. The number of rotatable bonds is 5. The second-order valence-corrected chi connectivity index (χ2v) is 6.64. The Morgan fingerprint density at radius 1 is 1.19 bits per heavy atom. The minimum Gasteiger partial charge on any atom is -0.298 e. The predicted octanol–water partition coefficient (Wildman–Crippen LogP) is 3.29. The molecule has 1 aliphatic heterocycles. The molecule has 0 aliphatic carbocycles. The van der Waals surface area contributed by atoms with E-state index in [4.69, 9.17) is 0 Å². The van der Waals surface area contributed by atoms with E-state index in [-0.39, 0.29) is 11.3 Å². The molecule has 1 N–H and O–H groups in total. The highest BCUT2D eigenvalue weighted by molar-refractivity contribution is 5.96. The molecule has 0 spiro atoms. The molecule has 0 bridgehead atoms. The van der Waals surface area contributed by atoms with E-state index in [1.165, 1.54) is 11.6 Å². The van der Waals surface area contributed by atoms with Crippen molar-refractivity contribution in [2.45, 2.75) is 26.3 Å². The number of hydrazone groups is 1. The van der Waals surface area contributed by atoms with Crippen LogP contribution in [-0.2, 0) is 6.54 Å². The van der Waals surface area contributed by atoms with Crippen LogP contribution in [0.25, 0.3) is 0 Å². The van der Waals surface area contributed by atoms with Crippen LogP contribution in [0.15, 0.2) is 53.6 Å². The third-order valence-electron chi connectivity index (χ3n) is 4.67. The molecule has 1 aliphatic rings. The Bertz CT molecular complexity index is 855. The number of carbonyl (C=O) groups excluding carboxylic acids is 1. The van der Waals surface area contributed by atoms with Gasteiger partial charge in [-0.05, 0) is 18.6 Å². The summed E-state index contributed by atoms with van der Waals surface area (Å²) in [5, 5.41) is 15.2. The van der Waals surface area contributed by atoms with Crippen LogP contribution < -0.4 is 5.43 Å². The number of piperidine rings is 1. The van der Waals surface area contributed by atoms with E-state index in [9.17, 15) is 14.9 Å². The Morgan fingerprint density at radius 3 is 2.56 bits per heavy atom. The number of benzene rings is 2. The zero-order valence-corrected chi connectivity index (χ0v) is 15.2. The maximum Gasteiger partial charge on any atom is 0.273 e. The van der Waals surface area contributed by atoms with E-state index >= 15 is 0 Å². The molecular formula is C20H22N4O3. The molecule has 140 valence electrons. The van der Waals surface area contributed by atoms with Gasteiger partial charge in [-0.3, -0.25) is 19.8 Å². The molecular weight excluding hydrogens is 344 g/mol. The smallest absolute Gasteiger partial charge is 0.273 e. The Kier molecular flexibility index (Phi) is 5.93. The fourth-order valence-corrected chi connectivity index (χ4v) is 3.06. The van der Waals surface area contributed by atoms with Crippen molar-refractivity contribution in [2.24, 2.45) is 5.10 Å². The number of hydrogen-bond donors (Lipinski definition) is 1. The third kappa shape index (κ3) is 4.98. The van der Waals surface area contributed by atoms with Gasteiger partial charge in [0.1, 0.15) is 0 Å². The summed E-state index contributed by atoms with van der Waals surface area (Å²) in [6.45, 7) is 4.33. The highest BCUT2D eigenvalue weighted by atomic mass is 16.6. The summed E-state index contributed by atoms with van der Waals surface area (Å²) in [5.74, 6) is -0.433. The number of carbonyl (C=O) groups is 1. The molecule has 1 heterocycles. The van der Waals surface area contributed by atoms with E-state index in [1.54, 1.807) is 19.1 Å². The average Bonchev–Trinajstić information content (AvgIpc) is 2.68. The third-order valence-corrected chi connectivity index (χ3v) is 4.67. The average molecular weight is 366 g/mol. The van der Waals surface area contributed by atoms with E-state index < -0.39 is 10.8 Å². The van der Waals surface area contributed by atoms with Gasteiger partial charge in [0.05, 0.1) is 4.92 Å². The number of nitrogens with zero attached hydrogens (tertiary/aromatic N) is 3. The summed E-state index contributed by atoms with van der Waals surface area (Å²) < 4.78 is 0. The van der Waals surface area contributed by atoms with E-state index in [2.05, 4.69) is 27.6 Å². The number of amides is 1. The molecule has 0 atom stereocenters. The second-order valence-electron chi connectivity index (χ2n) is 6.64. The van der Waals surface area contributed by atoms with Gasteiger partial charge in [-0.1, -0.05) is 36.4 Å². The van der Waals surface area contributed by atoms with Gasteiger partial charge in [0.25, 0.3) is 11.6 Å². The number of aryl methyl sites for hydroxylation is 1. The van der Waals surface area contributed by atoms with Gasteiger partial charge >= 0.3 is 0 Å². The van der Waals surface area contributed by atoms with Crippen molar-refractivity contribution in [1.29, 1.82) is 0 Å². The first-order chi connectivity index (χ1) is 13.0. The van der Waals surface area contributed by atoms with Crippen molar-refractivity contribution in [2.75, 3.05) is 13.1 Å². The second kappa shape index (κ2) is 8.55. The number of hydrogen-bond acceptors (Lipinski definition) is 5. The lowest BCUT2D eigenvalue weighted by molar-refractivity contribution is -0.385. The summed E-state index contributed by atoms with van der Waals surface area (Å²) in [6.07, 6.45) is 1.59. The molecule has 0 unspecified atom stereocenters. The normalized spacial score (nSPS) is 14.6. The standard InChI is InChI=1S/C20H22N4O3/c1-15-7-8-17(13-19(15)24(26)27)20(25)22-21-18-9-11-23(12-10-18)14-16-5-3-2-4-6-16/h2-8,13H,9-12,14H2,1H3,(H,22,25). The molecule has 0 radical (unpaired) electrons. The number of nitro benzene ring substituents is 1. The molecule has 1 saturated heterocycles. The van der Waals surface area contributed by atoms with Crippen molar-refractivity contribution in [3.8, 4) is 0 Å². The van der Waals surface area contributed by atoms with Gasteiger partial charge in [0.2, 0.25) is 0 Å². The maximum absolute atomic E-state index is 12.2. The Morgan fingerprint density at radius 2 is 1.89 bits per heavy atom. The summed E-state index contributed by atoms with van der Waals surface area (Å²) >= 11 is 0. The lowest BCUT2D eigenvalue weighted by atomic mass is 10.1. The molecule has 1 amide bonds. The highest BCUT2D eigenvalue weighted by Gasteiger charge is 2.17. The van der Waals surface area contributed by atoms with Crippen LogP contribution in [0, 0.1) is 17.0 Å². The first-order valence-electron chi connectivity index (χ1n) is 8.90. The fourth-order valence-electron chi connectivity index (χ4n) is 3.06. The van der Waals surface area contributed by atoms with Gasteiger partial charge in [-0.25, -0.2) is 5.43 Å². The van der Waals surface area contributed by atoms with E-state index in [1.807, 2.05) is 18.2 Å². The predicted molar refractivity (Wildman–Crippen MR) is 104 cm³/mol. The van der Waals surface area contributed by atoms with Crippen molar-refractivity contribution >= 4 is 17.3 Å². The molecule has 2 aromatic rings. The summed E-state index contributed by atoms with van der Waals surface area (Å²) in [5.41, 5.74) is 5.44. The Balaban J connectivity index is 1.54. The fraction of sp³-hybridized carbons (Fsp3) is 0.300. The molecule has 27 heavy (non-hydrogen) atoms. The van der Waals surface area contributed by atoms with E-state index in [0.717, 1.165) is 38.2 Å². The van der Waals surface area contributed by atoms with Crippen molar-refractivity contribution in [3.63, 3.8) is 0 Å². The van der Waals surface area contributed by atoms with Crippen LogP contribution in [0.4, 0.5) is 5.69 Å². The monoisotopic (exact) mass is 366 g/mol. The van der Waals surface area contributed by atoms with Gasteiger partial charge in [0, 0.05) is 55.4 Å². The molecule has 1 fully saturated rings. The summed E-state index contributed by atoms with van der Waals surface area (Å²) in [6, 6.07) is 14.7. The topological polar surface area (TPSA) is 87.8 Å². The molecule has 3 rings (SSSR count). The molecule has 0 aromatic heterocycles. The van der Waals surface area contributed by atoms with Crippen LogP contribution in [0.5, 0.6) is 0 Å². The van der Waals surface area contributed by atoms with Crippen molar-refractivity contribution in [1.82, 2.24) is 10.3 Å². The van der Waals surface area contributed by atoms with Crippen LogP contribution in [-0.4, -0.2) is 34.5 Å². The summed E-state index contributed by atoms with van der Waals surface area (Å²) in [7, 11) is 0. The van der Waals surface area contributed by atoms with Crippen LogP contribution in [0.3, 0.4) is 0 Å². The highest BCUT2D eigenvalue weighted by Crippen LogP contribution is 2.19. The number of likely N-dealkylation sites (tertiary alicyclic amines) is 1. The lowest BCUT2D eigenvalue weighted by Crippen LogP contribution is -2.34. The molecule has 2 aromatic carbocycles. The van der Waals surface area contributed by atoms with Crippen LogP contribution >= 0.6 is 0 Å². The Hall–Kier alpha value is -3.06. The van der Waals surface area contributed by atoms with Gasteiger partial charge in [-0.2, -0.15) is 5.10 Å². The van der Waals surface area contributed by atoms with Gasteiger partial charge in [0.15, 0.2) is 0 Å². The maximum atomic E-state index is 12.2. The van der Waals surface area contributed by atoms with Crippen molar-refractivity contribution in [3.05, 3.63) is 75.3 Å². The minimum absolute atomic E-state index is 0.0653. The minimum atomic E-state index is -0.486. The van der Waals surface area contributed by atoms with Crippen molar-refractivity contribution < 1.29 is 9.72 Å². The van der Waals surface area contributed by atoms with Crippen LogP contribution in [0.2, 0.25) is 0 Å². The zero-order chi connectivity index (χ0) is 19.2. The lowest BCUT2D eigenvalue weighted by Gasteiger charge is -2.27. The first-order valence-corrected chi connectivity index (χ1v) is 8.90. The molecule has 0 saturated carbocycles. The first kappa shape index (κ1) is 18.7. The summed E-state index contributed by atoms with van der Waals surface area (Å²) in [4.78, 5) is 25.1. The number of nitro groups is 1. The van der Waals surface area contributed by atoms with Gasteiger partial charge < -0.3 is 0 Å². The van der Waals surface area contributed by atoms with Crippen LogP contribution in [0.1, 0.15) is 34.3 Å². The quantitative estimate of drug-likeness (QED) is 0.650. The van der Waals surface area contributed by atoms with E-state index in [0.29, 0.717) is 5.56 Å². The zero-order valence-electron chi connectivity index (χ0n) is 15.2. The van der Waals surface area contributed by atoms with Gasteiger partial charge in [-0.15, -0.1) is 0 Å².